The van der Waals surface area contributed by atoms with Crippen LogP contribution in [0.4, 0.5) is 4.39 Å². The number of carboxylic acids is 1. The molecule has 5 nitrogen and oxygen atoms in total. The van der Waals surface area contributed by atoms with Gasteiger partial charge in [-0.2, -0.15) is 0 Å². The SMILES string of the molecule is CC1(C(=O)O)CCN(C(=O)c2ccc(F)cc2O)C1. The number of aromatic hydroxyl groups is 1. The summed E-state index contributed by atoms with van der Waals surface area (Å²) in [5, 5.41) is 18.7. The number of amides is 1. The van der Waals surface area contributed by atoms with Crippen molar-refractivity contribution in [2.45, 2.75) is 13.3 Å². The van der Waals surface area contributed by atoms with E-state index in [0.29, 0.717) is 13.0 Å². The maximum atomic E-state index is 12.9. The fraction of sp³-hybridized carbons (Fsp3) is 0.385. The van der Waals surface area contributed by atoms with Crippen molar-refractivity contribution in [3.8, 4) is 5.75 Å². The van der Waals surface area contributed by atoms with Gasteiger partial charge in [0.1, 0.15) is 11.6 Å². The zero-order chi connectivity index (χ0) is 14.2. The number of benzene rings is 1. The highest BCUT2D eigenvalue weighted by molar-refractivity contribution is 5.97. The van der Waals surface area contributed by atoms with E-state index in [9.17, 15) is 19.1 Å². The summed E-state index contributed by atoms with van der Waals surface area (Å²) in [5.74, 6) is -2.51. The average Bonchev–Trinajstić information content (AvgIpc) is 2.73. The Hall–Kier alpha value is -2.11. The third-order valence-electron chi connectivity index (χ3n) is 3.47. The van der Waals surface area contributed by atoms with Crippen LogP contribution < -0.4 is 0 Å². The Labute approximate surface area is 109 Å². The lowest BCUT2D eigenvalue weighted by Crippen LogP contribution is -2.34. The summed E-state index contributed by atoms with van der Waals surface area (Å²) in [6, 6.07) is 3.14. The number of carbonyl (C=O) groups excluding carboxylic acids is 1. The molecular weight excluding hydrogens is 253 g/mol. The number of nitrogens with zero attached hydrogens (tertiary/aromatic N) is 1. The average molecular weight is 267 g/mol. The van der Waals surface area contributed by atoms with Crippen LogP contribution in [0.3, 0.4) is 0 Å². The van der Waals surface area contributed by atoms with Crippen LogP contribution in [0.15, 0.2) is 18.2 Å². The van der Waals surface area contributed by atoms with Gasteiger partial charge in [0.05, 0.1) is 11.0 Å². The maximum absolute atomic E-state index is 12.9. The van der Waals surface area contributed by atoms with Crippen molar-refractivity contribution in [1.82, 2.24) is 4.90 Å². The summed E-state index contributed by atoms with van der Waals surface area (Å²) in [6.07, 6.45) is 0.357. The summed E-state index contributed by atoms with van der Waals surface area (Å²) in [4.78, 5) is 24.6. The summed E-state index contributed by atoms with van der Waals surface area (Å²) in [6.45, 7) is 1.96. The van der Waals surface area contributed by atoms with Crippen molar-refractivity contribution in [1.29, 1.82) is 0 Å². The minimum Gasteiger partial charge on any atom is -0.507 e. The first-order valence-corrected chi connectivity index (χ1v) is 5.85. The van der Waals surface area contributed by atoms with Crippen molar-refractivity contribution in [2.24, 2.45) is 5.41 Å². The fourth-order valence-electron chi connectivity index (χ4n) is 2.16. The molecule has 2 rings (SSSR count). The Bertz CT molecular complexity index is 545. The van der Waals surface area contributed by atoms with E-state index in [0.717, 1.165) is 12.1 Å². The Morgan fingerprint density at radius 3 is 2.63 bits per heavy atom. The maximum Gasteiger partial charge on any atom is 0.311 e. The quantitative estimate of drug-likeness (QED) is 0.850. The van der Waals surface area contributed by atoms with E-state index < -0.39 is 28.9 Å². The van der Waals surface area contributed by atoms with Crippen molar-refractivity contribution in [3.05, 3.63) is 29.6 Å². The van der Waals surface area contributed by atoms with Gasteiger partial charge in [-0.25, -0.2) is 4.39 Å². The minimum atomic E-state index is -0.967. The van der Waals surface area contributed by atoms with Gasteiger partial charge in [0, 0.05) is 19.2 Å². The Kier molecular flexibility index (Phi) is 3.18. The highest BCUT2D eigenvalue weighted by Crippen LogP contribution is 2.32. The molecule has 1 saturated heterocycles. The lowest BCUT2D eigenvalue weighted by Gasteiger charge is -2.20. The normalized spacial score (nSPS) is 22.5. The molecule has 1 heterocycles. The Morgan fingerprint density at radius 1 is 1.42 bits per heavy atom. The van der Waals surface area contributed by atoms with E-state index in [2.05, 4.69) is 0 Å². The number of carbonyl (C=O) groups is 2. The largest absolute Gasteiger partial charge is 0.507 e. The fourth-order valence-corrected chi connectivity index (χ4v) is 2.16. The molecule has 0 bridgehead atoms. The van der Waals surface area contributed by atoms with Gasteiger partial charge in [-0.05, 0) is 25.5 Å². The lowest BCUT2D eigenvalue weighted by molar-refractivity contribution is -0.147. The number of hydrogen-bond acceptors (Lipinski definition) is 3. The van der Waals surface area contributed by atoms with Crippen LogP contribution in [-0.4, -0.2) is 40.1 Å². The van der Waals surface area contributed by atoms with Gasteiger partial charge in [-0.3, -0.25) is 9.59 Å². The second kappa shape index (κ2) is 4.53. The number of carboxylic acid groups (broad SMARTS) is 1. The van der Waals surface area contributed by atoms with Crippen molar-refractivity contribution >= 4 is 11.9 Å². The molecule has 0 aromatic heterocycles. The number of phenolic OH excluding ortho intramolecular Hbond substituents is 1. The molecule has 0 radical (unpaired) electrons. The van der Waals surface area contributed by atoms with Crippen LogP contribution in [0.1, 0.15) is 23.7 Å². The second-order valence-electron chi connectivity index (χ2n) is 5.00. The van der Waals surface area contributed by atoms with Gasteiger partial charge in [0.2, 0.25) is 0 Å². The number of likely N-dealkylation sites (tertiary alicyclic amines) is 1. The smallest absolute Gasteiger partial charge is 0.311 e. The Morgan fingerprint density at radius 2 is 2.11 bits per heavy atom. The third kappa shape index (κ3) is 2.38. The molecule has 1 amide bonds. The van der Waals surface area contributed by atoms with E-state index in [1.165, 1.54) is 11.0 Å². The Balaban J connectivity index is 2.20. The van der Waals surface area contributed by atoms with Gasteiger partial charge < -0.3 is 15.1 Å². The predicted molar refractivity (Wildman–Crippen MR) is 64.3 cm³/mol. The topological polar surface area (TPSA) is 77.8 Å². The van der Waals surface area contributed by atoms with E-state index >= 15 is 0 Å². The molecule has 1 aliphatic rings. The van der Waals surface area contributed by atoms with E-state index in [1.54, 1.807) is 6.92 Å². The molecule has 102 valence electrons. The highest BCUT2D eigenvalue weighted by atomic mass is 19.1. The lowest BCUT2D eigenvalue weighted by atomic mass is 9.90. The number of rotatable bonds is 2. The van der Waals surface area contributed by atoms with Crippen LogP contribution >= 0.6 is 0 Å². The summed E-state index contributed by atoms with van der Waals surface area (Å²) in [7, 11) is 0. The summed E-state index contributed by atoms with van der Waals surface area (Å²) in [5.41, 5.74) is -0.985. The first-order chi connectivity index (χ1) is 8.83. The molecule has 1 unspecified atom stereocenters. The number of hydrogen-bond donors (Lipinski definition) is 2. The molecule has 1 atom stereocenters. The molecule has 0 saturated carbocycles. The van der Waals surface area contributed by atoms with Gasteiger partial charge >= 0.3 is 5.97 Å². The second-order valence-corrected chi connectivity index (χ2v) is 5.00. The van der Waals surface area contributed by atoms with Crippen LogP contribution in [0.25, 0.3) is 0 Å². The first-order valence-electron chi connectivity index (χ1n) is 5.85. The molecule has 1 aromatic rings. The van der Waals surface area contributed by atoms with Crippen molar-refractivity contribution in [2.75, 3.05) is 13.1 Å². The van der Waals surface area contributed by atoms with Crippen molar-refractivity contribution in [3.63, 3.8) is 0 Å². The van der Waals surface area contributed by atoms with E-state index in [1.807, 2.05) is 0 Å². The molecule has 19 heavy (non-hydrogen) atoms. The molecule has 1 fully saturated rings. The number of aliphatic carboxylic acids is 1. The first kappa shape index (κ1) is 13.3. The molecule has 1 aromatic carbocycles. The third-order valence-corrected chi connectivity index (χ3v) is 3.47. The van der Waals surface area contributed by atoms with E-state index in [-0.39, 0.29) is 12.1 Å². The molecule has 6 heteroatoms. The van der Waals surface area contributed by atoms with Crippen LogP contribution in [-0.2, 0) is 4.79 Å². The molecule has 0 aliphatic carbocycles. The van der Waals surface area contributed by atoms with Crippen molar-refractivity contribution < 1.29 is 24.2 Å². The molecular formula is C13H14FNO4. The van der Waals surface area contributed by atoms with Gasteiger partial charge in [-0.15, -0.1) is 0 Å². The molecule has 0 spiro atoms. The van der Waals surface area contributed by atoms with Crippen LogP contribution in [0, 0.1) is 11.2 Å². The van der Waals surface area contributed by atoms with Gasteiger partial charge in [-0.1, -0.05) is 0 Å². The number of phenols is 1. The monoisotopic (exact) mass is 267 g/mol. The van der Waals surface area contributed by atoms with Gasteiger partial charge in [0.15, 0.2) is 0 Å². The molecule has 2 N–H and O–H groups in total. The van der Waals surface area contributed by atoms with E-state index in [4.69, 9.17) is 5.11 Å². The minimum absolute atomic E-state index is 0.0176. The molecule has 1 aliphatic heterocycles. The number of halogens is 1. The zero-order valence-corrected chi connectivity index (χ0v) is 10.4. The zero-order valence-electron chi connectivity index (χ0n) is 10.4. The highest BCUT2D eigenvalue weighted by Gasteiger charge is 2.42. The summed E-state index contributed by atoms with van der Waals surface area (Å²) < 4.78 is 12.9. The van der Waals surface area contributed by atoms with Crippen LogP contribution in [0.5, 0.6) is 5.75 Å². The van der Waals surface area contributed by atoms with Crippen LogP contribution in [0.2, 0.25) is 0 Å². The summed E-state index contributed by atoms with van der Waals surface area (Å²) >= 11 is 0. The van der Waals surface area contributed by atoms with Gasteiger partial charge in [0.25, 0.3) is 5.91 Å². The standard InChI is InChI=1S/C13H14FNO4/c1-13(12(18)19)4-5-15(7-13)11(17)9-3-2-8(14)6-10(9)16/h2-3,6,16H,4-5,7H2,1H3,(H,18,19). The predicted octanol–water partition coefficient (Wildman–Crippen LogP) is 1.47.